The number of aromatic nitrogens is 3. The number of thiophene rings is 1. The van der Waals surface area contributed by atoms with Crippen molar-refractivity contribution in [1.82, 2.24) is 14.5 Å². The van der Waals surface area contributed by atoms with Gasteiger partial charge in [-0.1, -0.05) is 11.6 Å². The van der Waals surface area contributed by atoms with Gasteiger partial charge in [-0.3, -0.25) is 4.98 Å². The summed E-state index contributed by atoms with van der Waals surface area (Å²) in [5, 5.41) is 0.725. The van der Waals surface area contributed by atoms with E-state index in [4.69, 9.17) is 16.3 Å². The van der Waals surface area contributed by atoms with Gasteiger partial charge in [0.15, 0.2) is 0 Å². The molecule has 0 aliphatic heterocycles. The average molecular weight is 326 g/mol. The molecule has 0 N–H and O–H groups in total. The minimum Gasteiger partial charge on any atom is -0.360 e. The van der Waals surface area contributed by atoms with Crippen LogP contribution >= 0.6 is 35.6 Å². The fourth-order valence-corrected chi connectivity index (χ4v) is 3.21. The smallest absolute Gasteiger partial charge is 0.123 e. The minimum atomic E-state index is 0.484. The van der Waals surface area contributed by atoms with Crippen LogP contribution in [0.4, 0.5) is 0 Å². The maximum atomic E-state index is 6.17. The minimum absolute atomic E-state index is 0.484. The topological polar surface area (TPSA) is 39.9 Å². The van der Waals surface area contributed by atoms with E-state index in [1.807, 2.05) is 16.8 Å². The molecular weight excluding hydrogens is 314 g/mol. The molecule has 0 saturated carbocycles. The molecule has 4 nitrogen and oxygen atoms in total. The van der Waals surface area contributed by atoms with Crippen LogP contribution in [0.25, 0.3) is 20.8 Å². The summed E-state index contributed by atoms with van der Waals surface area (Å²) in [5.41, 5.74) is 1.80. The number of halogens is 1. The second-order valence-electron chi connectivity index (χ2n) is 4.15. The molecule has 3 aromatic heterocycles. The molecule has 0 radical (unpaired) electrons. The van der Waals surface area contributed by atoms with E-state index in [9.17, 15) is 0 Å². The highest BCUT2D eigenvalue weighted by Crippen LogP contribution is 2.35. The zero-order chi connectivity index (χ0) is 13.9. The van der Waals surface area contributed by atoms with E-state index in [1.165, 1.54) is 0 Å². The molecular formula is C13H12ClN3OS2. The summed E-state index contributed by atoms with van der Waals surface area (Å²) in [6, 6.07) is 3.81. The van der Waals surface area contributed by atoms with Gasteiger partial charge in [0.2, 0.25) is 0 Å². The molecule has 3 aromatic rings. The van der Waals surface area contributed by atoms with Crippen LogP contribution in [0.1, 0.15) is 0 Å². The number of pyridine rings is 1. The van der Waals surface area contributed by atoms with Gasteiger partial charge in [0.1, 0.15) is 6.73 Å². The van der Waals surface area contributed by atoms with Crippen LogP contribution in [-0.4, -0.2) is 26.9 Å². The van der Waals surface area contributed by atoms with Crippen LogP contribution in [0, 0.1) is 0 Å². The van der Waals surface area contributed by atoms with Gasteiger partial charge < -0.3 is 9.30 Å². The van der Waals surface area contributed by atoms with Gasteiger partial charge in [-0.05, 0) is 12.1 Å². The van der Waals surface area contributed by atoms with Crippen LogP contribution < -0.4 is 0 Å². The maximum Gasteiger partial charge on any atom is 0.123 e. The first-order valence-corrected chi connectivity index (χ1v) is 7.85. The number of hydrogen-bond donors (Lipinski definition) is 1. The van der Waals surface area contributed by atoms with Crippen LogP contribution in [0.5, 0.6) is 0 Å². The highest BCUT2D eigenvalue weighted by molar-refractivity contribution is 7.80. The molecule has 3 heterocycles. The summed E-state index contributed by atoms with van der Waals surface area (Å²) in [6.45, 7) is 1.11. The first kappa shape index (κ1) is 13.9. The Hall–Kier alpha value is -1.08. The van der Waals surface area contributed by atoms with Crippen molar-refractivity contribution in [3.63, 3.8) is 0 Å². The monoisotopic (exact) mass is 325 g/mol. The molecule has 20 heavy (non-hydrogen) atoms. The molecule has 7 heteroatoms. The van der Waals surface area contributed by atoms with Gasteiger partial charge >= 0.3 is 0 Å². The third kappa shape index (κ3) is 2.83. The Labute approximate surface area is 130 Å². The van der Waals surface area contributed by atoms with Gasteiger partial charge in [-0.25, -0.2) is 4.98 Å². The fraction of sp³-hybridized carbons (Fsp3) is 0.231. The Bertz CT molecular complexity index is 725. The van der Waals surface area contributed by atoms with Crippen molar-refractivity contribution < 1.29 is 4.74 Å². The van der Waals surface area contributed by atoms with Crippen molar-refractivity contribution in [2.75, 3.05) is 12.4 Å². The molecule has 0 aliphatic carbocycles. The van der Waals surface area contributed by atoms with Crippen molar-refractivity contribution >= 4 is 45.8 Å². The van der Waals surface area contributed by atoms with Gasteiger partial charge in [0, 0.05) is 18.1 Å². The summed E-state index contributed by atoms with van der Waals surface area (Å²) < 4.78 is 8.30. The second kappa shape index (κ2) is 6.13. The normalized spacial score (nSPS) is 11.3. The Morgan fingerprint density at radius 2 is 2.30 bits per heavy atom. The maximum absolute atomic E-state index is 6.17. The van der Waals surface area contributed by atoms with E-state index in [2.05, 4.69) is 22.6 Å². The Morgan fingerprint density at radius 1 is 1.40 bits per heavy atom. The van der Waals surface area contributed by atoms with Crippen LogP contribution in [0.15, 0.2) is 30.9 Å². The lowest BCUT2D eigenvalue weighted by Gasteiger charge is -2.01. The average Bonchev–Trinajstić information content (AvgIpc) is 3.05. The first-order valence-electron chi connectivity index (χ1n) is 6.03. The molecule has 0 fully saturated rings. The van der Waals surface area contributed by atoms with Crippen molar-refractivity contribution in [3.8, 4) is 10.6 Å². The highest BCUT2D eigenvalue weighted by atomic mass is 35.5. The molecule has 0 saturated heterocycles. The van der Waals surface area contributed by atoms with Crippen LogP contribution in [0.3, 0.4) is 0 Å². The van der Waals surface area contributed by atoms with E-state index < -0.39 is 0 Å². The van der Waals surface area contributed by atoms with Gasteiger partial charge in [0.05, 0.1) is 38.7 Å². The summed E-state index contributed by atoms with van der Waals surface area (Å²) in [7, 11) is 0. The van der Waals surface area contributed by atoms with E-state index >= 15 is 0 Å². The largest absolute Gasteiger partial charge is 0.360 e. The Balaban J connectivity index is 1.85. The highest BCUT2D eigenvalue weighted by Gasteiger charge is 2.10. The Kier molecular flexibility index (Phi) is 4.26. The van der Waals surface area contributed by atoms with Gasteiger partial charge in [-0.15, -0.1) is 11.3 Å². The number of nitrogens with zero attached hydrogens (tertiary/aromatic N) is 3. The predicted molar refractivity (Wildman–Crippen MR) is 85.7 cm³/mol. The summed E-state index contributed by atoms with van der Waals surface area (Å²) in [5.74, 6) is 0.710. The molecule has 104 valence electrons. The van der Waals surface area contributed by atoms with Gasteiger partial charge in [0.25, 0.3) is 0 Å². The van der Waals surface area contributed by atoms with Crippen molar-refractivity contribution in [3.05, 3.63) is 35.9 Å². The Morgan fingerprint density at radius 3 is 3.10 bits per heavy atom. The predicted octanol–water partition coefficient (Wildman–Crippen LogP) is 3.72. The first-order chi connectivity index (χ1) is 9.78. The lowest BCUT2D eigenvalue weighted by molar-refractivity contribution is 0.0900. The zero-order valence-electron chi connectivity index (χ0n) is 10.5. The number of imidazole rings is 1. The number of fused-ring (bicyclic) bond motifs is 1. The lowest BCUT2D eigenvalue weighted by atomic mass is 10.3. The summed E-state index contributed by atoms with van der Waals surface area (Å²) >= 11 is 11.9. The third-order valence-corrected chi connectivity index (χ3v) is 4.52. The lowest BCUT2D eigenvalue weighted by Crippen LogP contribution is -2.01. The van der Waals surface area contributed by atoms with Crippen molar-refractivity contribution in [2.24, 2.45) is 0 Å². The SMILES string of the molecule is SCCOCn1cnc(-c2cc3nccc(Cl)c3s2)c1. The standard InChI is InChI=1S/C13H12ClN3OS2/c14-9-1-2-15-10-5-12(20-13(9)10)11-6-17(7-16-11)8-18-3-4-19/h1-2,5-7,19H,3-4,8H2. The molecule has 3 rings (SSSR count). The summed E-state index contributed by atoms with van der Waals surface area (Å²) in [6.07, 6.45) is 5.43. The number of hydrogen-bond acceptors (Lipinski definition) is 5. The van der Waals surface area contributed by atoms with E-state index in [0.717, 1.165) is 25.8 Å². The van der Waals surface area contributed by atoms with E-state index in [1.54, 1.807) is 29.9 Å². The zero-order valence-corrected chi connectivity index (χ0v) is 13.0. The third-order valence-electron chi connectivity index (χ3n) is 2.73. The number of ether oxygens (including phenoxy) is 1. The van der Waals surface area contributed by atoms with Gasteiger partial charge in [-0.2, -0.15) is 12.6 Å². The van der Waals surface area contributed by atoms with E-state index in [0.29, 0.717) is 19.1 Å². The van der Waals surface area contributed by atoms with Crippen molar-refractivity contribution in [1.29, 1.82) is 0 Å². The van der Waals surface area contributed by atoms with E-state index in [-0.39, 0.29) is 0 Å². The fourth-order valence-electron chi connectivity index (χ4n) is 1.83. The van der Waals surface area contributed by atoms with Crippen LogP contribution in [-0.2, 0) is 11.5 Å². The molecule has 0 aromatic carbocycles. The molecule has 0 bridgehead atoms. The molecule has 0 amide bonds. The molecule has 0 unspecified atom stereocenters. The molecule has 0 spiro atoms. The van der Waals surface area contributed by atoms with Crippen LogP contribution in [0.2, 0.25) is 5.02 Å². The quantitative estimate of drug-likeness (QED) is 0.574. The molecule has 0 aliphatic rings. The van der Waals surface area contributed by atoms with Crippen molar-refractivity contribution in [2.45, 2.75) is 6.73 Å². The summed E-state index contributed by atoms with van der Waals surface area (Å²) in [4.78, 5) is 9.76. The second-order valence-corrected chi connectivity index (χ2v) is 6.06. The number of rotatable bonds is 5. The molecule has 0 atom stereocenters. The number of thiol groups is 1.